The van der Waals surface area contributed by atoms with Crippen molar-refractivity contribution in [1.29, 1.82) is 0 Å². The zero-order chi connectivity index (χ0) is 22.2. The number of pyridine rings is 1. The number of hydrogen-bond acceptors (Lipinski definition) is 6. The van der Waals surface area contributed by atoms with Gasteiger partial charge < -0.3 is 14.5 Å². The van der Waals surface area contributed by atoms with Gasteiger partial charge in [-0.3, -0.25) is 15.1 Å². The summed E-state index contributed by atoms with van der Waals surface area (Å²) in [6, 6.07) is 3.19. The highest BCUT2D eigenvalue weighted by Crippen LogP contribution is 2.26. The number of carbonyl (C=O) groups excluding carboxylic acids is 2. The zero-order valence-electron chi connectivity index (χ0n) is 18.3. The van der Waals surface area contributed by atoms with E-state index in [1.165, 1.54) is 44.5 Å². The van der Waals surface area contributed by atoms with Gasteiger partial charge in [0, 0.05) is 56.4 Å². The highest BCUT2D eigenvalue weighted by molar-refractivity contribution is 5.94. The molecule has 9 nitrogen and oxygen atoms in total. The fraction of sp³-hybridized carbons (Fsp3) is 0.522. The Bertz CT molecular complexity index is 896. The average molecular weight is 439 g/mol. The standard InChI is InChI=1S/C23H30N6O3/c30-22(19-6-8-26-21(16-19)32-15-7-18-4-2-1-3-5-18)28-11-13-29(14-12-28)23(31)27-20-17-24-9-10-25-20/h6,8-10,16-18H,1-5,7,11-15H2,(H,25,27,31). The smallest absolute Gasteiger partial charge is 0.323 e. The van der Waals surface area contributed by atoms with Gasteiger partial charge in [-0.15, -0.1) is 0 Å². The van der Waals surface area contributed by atoms with Crippen molar-refractivity contribution in [3.63, 3.8) is 0 Å². The maximum atomic E-state index is 12.9. The zero-order valence-corrected chi connectivity index (χ0v) is 18.3. The third kappa shape index (κ3) is 5.93. The number of anilines is 1. The number of piperazine rings is 1. The summed E-state index contributed by atoms with van der Waals surface area (Å²) in [4.78, 5) is 41.0. The van der Waals surface area contributed by atoms with Crippen LogP contribution in [-0.4, -0.2) is 69.5 Å². The molecule has 1 saturated carbocycles. The monoisotopic (exact) mass is 438 g/mol. The van der Waals surface area contributed by atoms with E-state index < -0.39 is 0 Å². The predicted molar refractivity (Wildman–Crippen MR) is 119 cm³/mol. The van der Waals surface area contributed by atoms with Crippen LogP contribution in [0.1, 0.15) is 48.9 Å². The van der Waals surface area contributed by atoms with E-state index in [0.29, 0.717) is 50.0 Å². The van der Waals surface area contributed by atoms with Gasteiger partial charge >= 0.3 is 6.03 Å². The van der Waals surface area contributed by atoms with E-state index in [1.807, 2.05) is 0 Å². The van der Waals surface area contributed by atoms with Crippen LogP contribution < -0.4 is 10.1 Å². The molecule has 0 radical (unpaired) electrons. The highest BCUT2D eigenvalue weighted by atomic mass is 16.5. The molecule has 1 aliphatic carbocycles. The molecule has 0 spiro atoms. The molecule has 0 unspecified atom stereocenters. The number of aromatic nitrogens is 3. The first-order valence-electron chi connectivity index (χ1n) is 11.4. The van der Waals surface area contributed by atoms with Crippen molar-refractivity contribution in [3.8, 4) is 5.88 Å². The van der Waals surface area contributed by atoms with Gasteiger partial charge in [-0.1, -0.05) is 32.1 Å². The molecule has 2 fully saturated rings. The normalized spacial score (nSPS) is 17.1. The maximum absolute atomic E-state index is 12.9. The third-order valence-electron chi connectivity index (χ3n) is 6.13. The molecule has 1 N–H and O–H groups in total. The Hall–Kier alpha value is -3.23. The van der Waals surface area contributed by atoms with Crippen LogP contribution in [0, 0.1) is 5.92 Å². The Morgan fingerprint density at radius 1 is 1.00 bits per heavy atom. The molecule has 2 aliphatic rings. The van der Waals surface area contributed by atoms with Gasteiger partial charge in [0.15, 0.2) is 5.82 Å². The van der Waals surface area contributed by atoms with E-state index in [1.54, 1.807) is 34.3 Å². The SMILES string of the molecule is O=C(Nc1cnccn1)N1CCN(C(=O)c2ccnc(OCCC3CCCCC3)c2)CC1. The van der Waals surface area contributed by atoms with Crippen LogP contribution in [0.25, 0.3) is 0 Å². The van der Waals surface area contributed by atoms with Crippen LogP contribution in [0.5, 0.6) is 5.88 Å². The summed E-state index contributed by atoms with van der Waals surface area (Å²) < 4.78 is 5.84. The van der Waals surface area contributed by atoms with Gasteiger partial charge in [0.05, 0.1) is 12.8 Å². The maximum Gasteiger partial charge on any atom is 0.323 e. The minimum atomic E-state index is -0.241. The Morgan fingerprint density at radius 2 is 1.78 bits per heavy atom. The number of urea groups is 1. The molecule has 170 valence electrons. The fourth-order valence-electron chi connectivity index (χ4n) is 4.27. The van der Waals surface area contributed by atoms with Crippen LogP contribution in [0.3, 0.4) is 0 Å². The molecule has 3 amide bonds. The number of ether oxygens (including phenoxy) is 1. The van der Waals surface area contributed by atoms with Crippen molar-refractivity contribution >= 4 is 17.8 Å². The first kappa shape index (κ1) is 22.0. The lowest BCUT2D eigenvalue weighted by Crippen LogP contribution is -2.51. The number of nitrogens with one attached hydrogen (secondary N) is 1. The molecular weight excluding hydrogens is 408 g/mol. The second kappa shape index (κ2) is 10.9. The van der Waals surface area contributed by atoms with Crippen molar-refractivity contribution in [2.45, 2.75) is 38.5 Å². The van der Waals surface area contributed by atoms with Crippen molar-refractivity contribution in [2.75, 3.05) is 38.1 Å². The summed E-state index contributed by atoms with van der Waals surface area (Å²) in [6.07, 6.45) is 13.8. The Morgan fingerprint density at radius 3 is 2.53 bits per heavy atom. The Kier molecular flexibility index (Phi) is 7.47. The van der Waals surface area contributed by atoms with Gasteiger partial charge in [-0.25, -0.2) is 14.8 Å². The van der Waals surface area contributed by atoms with E-state index in [2.05, 4.69) is 20.3 Å². The summed E-state index contributed by atoms with van der Waals surface area (Å²) in [5.41, 5.74) is 0.560. The Labute approximate surface area is 188 Å². The lowest BCUT2D eigenvalue weighted by atomic mass is 9.87. The lowest BCUT2D eigenvalue weighted by molar-refractivity contribution is 0.0671. The fourth-order valence-corrected chi connectivity index (χ4v) is 4.27. The van der Waals surface area contributed by atoms with Crippen molar-refractivity contribution in [1.82, 2.24) is 24.8 Å². The molecule has 32 heavy (non-hydrogen) atoms. The van der Waals surface area contributed by atoms with Gasteiger partial charge in [0.25, 0.3) is 5.91 Å². The van der Waals surface area contributed by atoms with E-state index in [0.717, 1.165) is 12.3 Å². The first-order valence-corrected chi connectivity index (χ1v) is 11.4. The summed E-state index contributed by atoms with van der Waals surface area (Å²) in [5.74, 6) is 1.58. The Balaban J connectivity index is 1.24. The number of amides is 3. The molecular formula is C23H30N6O3. The summed E-state index contributed by atoms with van der Waals surface area (Å²) in [7, 11) is 0. The van der Waals surface area contributed by atoms with E-state index in [4.69, 9.17) is 4.74 Å². The van der Waals surface area contributed by atoms with Crippen molar-refractivity contribution in [3.05, 3.63) is 42.5 Å². The average Bonchev–Trinajstić information content (AvgIpc) is 2.85. The third-order valence-corrected chi connectivity index (χ3v) is 6.13. The largest absolute Gasteiger partial charge is 0.478 e. The number of rotatable bonds is 6. The minimum absolute atomic E-state index is 0.0708. The minimum Gasteiger partial charge on any atom is -0.478 e. The molecule has 4 rings (SSSR count). The van der Waals surface area contributed by atoms with Gasteiger partial charge in [-0.2, -0.15) is 0 Å². The summed E-state index contributed by atoms with van der Waals surface area (Å²) in [6.45, 7) is 2.47. The van der Waals surface area contributed by atoms with Crippen LogP contribution in [0.2, 0.25) is 0 Å². The van der Waals surface area contributed by atoms with Crippen LogP contribution in [0.15, 0.2) is 36.9 Å². The quantitative estimate of drug-likeness (QED) is 0.743. The molecule has 2 aromatic heterocycles. The molecule has 0 bridgehead atoms. The number of nitrogens with zero attached hydrogens (tertiary/aromatic N) is 5. The first-order chi connectivity index (χ1) is 15.7. The molecule has 0 aromatic carbocycles. The predicted octanol–water partition coefficient (Wildman–Crippen LogP) is 3.21. The molecule has 1 saturated heterocycles. The second-order valence-electron chi connectivity index (χ2n) is 8.32. The molecule has 1 aliphatic heterocycles. The van der Waals surface area contributed by atoms with Crippen LogP contribution in [-0.2, 0) is 0 Å². The van der Waals surface area contributed by atoms with E-state index >= 15 is 0 Å². The van der Waals surface area contributed by atoms with Gasteiger partial charge in [0.2, 0.25) is 5.88 Å². The van der Waals surface area contributed by atoms with Gasteiger partial charge in [0.1, 0.15) is 0 Å². The van der Waals surface area contributed by atoms with Gasteiger partial charge in [-0.05, 0) is 18.4 Å². The van der Waals surface area contributed by atoms with Crippen molar-refractivity contribution < 1.29 is 14.3 Å². The van der Waals surface area contributed by atoms with E-state index in [9.17, 15) is 9.59 Å². The molecule has 3 heterocycles. The van der Waals surface area contributed by atoms with Crippen LogP contribution in [0.4, 0.5) is 10.6 Å². The number of hydrogen-bond donors (Lipinski definition) is 1. The van der Waals surface area contributed by atoms with Crippen molar-refractivity contribution in [2.24, 2.45) is 5.92 Å². The molecule has 9 heteroatoms. The summed E-state index contributed by atoms with van der Waals surface area (Å²) >= 11 is 0. The molecule has 0 atom stereocenters. The van der Waals surface area contributed by atoms with E-state index in [-0.39, 0.29) is 11.9 Å². The number of carbonyl (C=O) groups is 2. The summed E-state index contributed by atoms with van der Waals surface area (Å²) in [5, 5.41) is 2.72. The molecule has 2 aromatic rings. The lowest BCUT2D eigenvalue weighted by Gasteiger charge is -2.34. The topological polar surface area (TPSA) is 101 Å². The highest BCUT2D eigenvalue weighted by Gasteiger charge is 2.25. The van der Waals surface area contributed by atoms with Crippen LogP contribution >= 0.6 is 0 Å². The second-order valence-corrected chi connectivity index (χ2v) is 8.32.